The van der Waals surface area contributed by atoms with Gasteiger partial charge in [-0.15, -0.1) is 0 Å². The quantitative estimate of drug-likeness (QED) is 0.869. The lowest BCUT2D eigenvalue weighted by Crippen LogP contribution is -2.28. The van der Waals surface area contributed by atoms with Crippen molar-refractivity contribution in [2.75, 3.05) is 6.54 Å². The molecular formula is C13H13Cl2NO4S. The predicted octanol–water partition coefficient (Wildman–Crippen LogP) is 2.91. The van der Waals surface area contributed by atoms with Gasteiger partial charge in [0.1, 0.15) is 22.5 Å². The van der Waals surface area contributed by atoms with Gasteiger partial charge in [0, 0.05) is 11.6 Å². The summed E-state index contributed by atoms with van der Waals surface area (Å²) in [6, 6.07) is 7.39. The third-order valence-electron chi connectivity index (χ3n) is 2.74. The number of furan rings is 1. The second-order valence-corrected chi connectivity index (χ2v) is 6.97. The number of nitrogens with one attached hydrogen (secondary N) is 1. The molecule has 0 aliphatic rings. The van der Waals surface area contributed by atoms with E-state index in [9.17, 15) is 13.5 Å². The molecule has 1 aromatic heterocycles. The van der Waals surface area contributed by atoms with E-state index in [0.717, 1.165) is 0 Å². The maximum Gasteiger partial charge on any atom is 0.242 e. The number of hydrogen-bond donors (Lipinski definition) is 2. The SMILES string of the molecule is Cc1ccc([C@@H](O)CNS(=O)(=O)c2cc(Cl)ccc2Cl)o1. The first-order valence-electron chi connectivity index (χ1n) is 5.99. The van der Waals surface area contributed by atoms with Crippen LogP contribution in [0.5, 0.6) is 0 Å². The summed E-state index contributed by atoms with van der Waals surface area (Å²) in [6.45, 7) is 1.49. The Labute approximate surface area is 132 Å². The van der Waals surface area contributed by atoms with Gasteiger partial charge in [-0.25, -0.2) is 13.1 Å². The van der Waals surface area contributed by atoms with Gasteiger partial charge in [0.15, 0.2) is 0 Å². The van der Waals surface area contributed by atoms with E-state index in [1.165, 1.54) is 18.2 Å². The van der Waals surface area contributed by atoms with Crippen LogP contribution in [0.1, 0.15) is 17.6 Å². The summed E-state index contributed by atoms with van der Waals surface area (Å²) in [7, 11) is -3.88. The molecule has 0 saturated carbocycles. The molecular weight excluding hydrogens is 337 g/mol. The highest BCUT2D eigenvalue weighted by Crippen LogP contribution is 2.25. The van der Waals surface area contributed by atoms with Crippen molar-refractivity contribution in [1.82, 2.24) is 4.72 Å². The standard InChI is InChI=1S/C13H13Cl2NO4S/c1-8-2-5-12(20-8)11(17)7-16-21(18,19)13-6-9(14)3-4-10(13)15/h2-6,11,16-17H,7H2,1H3/t11-/m0/s1. The first-order valence-corrected chi connectivity index (χ1v) is 8.22. The van der Waals surface area contributed by atoms with Crippen LogP contribution in [0, 0.1) is 6.92 Å². The first kappa shape index (κ1) is 16.3. The molecule has 8 heteroatoms. The van der Waals surface area contributed by atoms with Crippen molar-refractivity contribution in [3.63, 3.8) is 0 Å². The van der Waals surface area contributed by atoms with Gasteiger partial charge in [0.05, 0.1) is 5.02 Å². The number of aliphatic hydroxyl groups excluding tert-OH is 1. The van der Waals surface area contributed by atoms with E-state index in [-0.39, 0.29) is 27.2 Å². The van der Waals surface area contributed by atoms with Crippen molar-refractivity contribution in [1.29, 1.82) is 0 Å². The third kappa shape index (κ3) is 3.99. The summed E-state index contributed by atoms with van der Waals surface area (Å²) in [6.07, 6.45) is -1.09. The first-order chi connectivity index (χ1) is 9.79. The van der Waals surface area contributed by atoms with Crippen LogP contribution in [0.25, 0.3) is 0 Å². The number of rotatable bonds is 5. The molecule has 0 saturated heterocycles. The highest BCUT2D eigenvalue weighted by Gasteiger charge is 2.21. The molecule has 114 valence electrons. The normalized spacial score (nSPS) is 13.3. The Morgan fingerprint density at radius 2 is 2.00 bits per heavy atom. The molecule has 0 spiro atoms. The van der Waals surface area contributed by atoms with E-state index < -0.39 is 16.1 Å². The van der Waals surface area contributed by atoms with E-state index >= 15 is 0 Å². The zero-order valence-electron chi connectivity index (χ0n) is 11.0. The summed E-state index contributed by atoms with van der Waals surface area (Å²) in [5.74, 6) is 0.914. The van der Waals surface area contributed by atoms with Gasteiger partial charge < -0.3 is 9.52 Å². The summed E-state index contributed by atoms with van der Waals surface area (Å²) in [4.78, 5) is -0.139. The number of aryl methyl sites for hydroxylation is 1. The van der Waals surface area contributed by atoms with E-state index in [1.54, 1.807) is 19.1 Å². The summed E-state index contributed by atoms with van der Waals surface area (Å²) >= 11 is 11.6. The zero-order chi connectivity index (χ0) is 15.6. The van der Waals surface area contributed by atoms with E-state index in [0.29, 0.717) is 5.76 Å². The minimum absolute atomic E-state index is 0.0511. The lowest BCUT2D eigenvalue weighted by Gasteiger charge is -2.11. The lowest BCUT2D eigenvalue weighted by molar-refractivity contribution is 0.152. The molecule has 0 fully saturated rings. The molecule has 0 aliphatic heterocycles. The fourth-order valence-corrected chi connectivity index (χ4v) is 3.48. The second kappa shape index (κ2) is 6.37. The smallest absolute Gasteiger partial charge is 0.242 e. The Bertz CT molecular complexity index is 742. The molecule has 0 amide bonds. The van der Waals surface area contributed by atoms with Gasteiger partial charge in [0.2, 0.25) is 10.0 Å². The van der Waals surface area contributed by atoms with Crippen molar-refractivity contribution in [3.05, 3.63) is 51.9 Å². The van der Waals surface area contributed by atoms with Gasteiger partial charge in [-0.2, -0.15) is 0 Å². The molecule has 21 heavy (non-hydrogen) atoms. The summed E-state index contributed by atoms with van der Waals surface area (Å²) in [5, 5.41) is 10.2. The van der Waals surface area contributed by atoms with E-state index in [2.05, 4.69) is 4.72 Å². The van der Waals surface area contributed by atoms with Gasteiger partial charge in [0.25, 0.3) is 0 Å². The number of hydrogen-bond acceptors (Lipinski definition) is 4. The van der Waals surface area contributed by atoms with Crippen LogP contribution in [0.15, 0.2) is 39.6 Å². The molecule has 0 aliphatic carbocycles. The second-order valence-electron chi connectivity index (χ2n) is 4.39. The molecule has 1 heterocycles. The Balaban J connectivity index is 2.13. The fourth-order valence-electron chi connectivity index (χ4n) is 1.68. The van der Waals surface area contributed by atoms with Crippen LogP contribution in [0.3, 0.4) is 0 Å². The predicted molar refractivity (Wildman–Crippen MR) is 80.1 cm³/mol. The molecule has 2 N–H and O–H groups in total. The van der Waals surface area contributed by atoms with Crippen LogP contribution >= 0.6 is 23.2 Å². The minimum Gasteiger partial charge on any atom is -0.464 e. The molecule has 1 atom stereocenters. The largest absolute Gasteiger partial charge is 0.464 e. The Hall–Kier alpha value is -1.05. The summed E-state index contributed by atoms with van der Waals surface area (Å²) < 4.78 is 31.8. The number of halogens is 2. The van der Waals surface area contributed by atoms with Crippen molar-refractivity contribution in [2.24, 2.45) is 0 Å². The fraction of sp³-hybridized carbons (Fsp3) is 0.231. The van der Waals surface area contributed by atoms with Crippen LogP contribution in [-0.4, -0.2) is 20.1 Å². The van der Waals surface area contributed by atoms with Crippen LogP contribution in [-0.2, 0) is 10.0 Å². The molecule has 2 rings (SSSR count). The maximum absolute atomic E-state index is 12.2. The molecule has 0 unspecified atom stereocenters. The minimum atomic E-state index is -3.88. The Kier molecular flexibility index (Phi) is 4.95. The maximum atomic E-state index is 12.2. The van der Waals surface area contributed by atoms with Gasteiger partial charge >= 0.3 is 0 Å². The van der Waals surface area contributed by atoms with E-state index in [1.807, 2.05) is 0 Å². The van der Waals surface area contributed by atoms with Crippen LogP contribution in [0.2, 0.25) is 10.0 Å². The number of benzene rings is 1. The highest BCUT2D eigenvalue weighted by molar-refractivity contribution is 7.89. The van der Waals surface area contributed by atoms with Gasteiger partial charge in [-0.05, 0) is 37.3 Å². The number of aliphatic hydroxyl groups is 1. The zero-order valence-corrected chi connectivity index (χ0v) is 13.3. The van der Waals surface area contributed by atoms with Crippen molar-refractivity contribution in [3.8, 4) is 0 Å². The van der Waals surface area contributed by atoms with Crippen LogP contribution in [0.4, 0.5) is 0 Å². The Morgan fingerprint density at radius 3 is 2.62 bits per heavy atom. The molecule has 0 radical (unpaired) electrons. The van der Waals surface area contributed by atoms with Gasteiger partial charge in [-0.1, -0.05) is 23.2 Å². The van der Waals surface area contributed by atoms with Gasteiger partial charge in [-0.3, -0.25) is 0 Å². The average molecular weight is 350 g/mol. The molecule has 1 aromatic carbocycles. The number of sulfonamides is 1. The van der Waals surface area contributed by atoms with Crippen molar-refractivity contribution in [2.45, 2.75) is 17.9 Å². The van der Waals surface area contributed by atoms with Crippen molar-refractivity contribution < 1.29 is 17.9 Å². The van der Waals surface area contributed by atoms with Crippen molar-refractivity contribution >= 4 is 33.2 Å². The highest BCUT2D eigenvalue weighted by atomic mass is 35.5. The topological polar surface area (TPSA) is 79.5 Å². The third-order valence-corrected chi connectivity index (χ3v) is 4.88. The Morgan fingerprint density at radius 1 is 1.29 bits per heavy atom. The monoisotopic (exact) mass is 349 g/mol. The van der Waals surface area contributed by atoms with Crippen LogP contribution < -0.4 is 4.72 Å². The molecule has 0 bridgehead atoms. The summed E-state index contributed by atoms with van der Waals surface area (Å²) in [5.41, 5.74) is 0. The molecule has 2 aromatic rings. The lowest BCUT2D eigenvalue weighted by atomic mass is 10.3. The average Bonchev–Trinajstić information content (AvgIpc) is 2.85. The molecule has 5 nitrogen and oxygen atoms in total. The van der Waals surface area contributed by atoms with E-state index in [4.69, 9.17) is 27.6 Å².